The molecule has 0 fully saturated rings. The Labute approximate surface area is 210 Å². The van der Waals surface area contributed by atoms with Gasteiger partial charge in [0, 0.05) is 18.9 Å². The predicted octanol–water partition coefficient (Wildman–Crippen LogP) is 4.76. The topological polar surface area (TPSA) is 55.7 Å². The van der Waals surface area contributed by atoms with Crippen LogP contribution in [-0.4, -0.2) is 29.1 Å². The number of benzene rings is 3. The molecule has 0 bridgehead atoms. The molecule has 4 rings (SSSR count). The Hall–Kier alpha value is -2.74. The molecule has 0 unspecified atom stereocenters. The van der Waals surface area contributed by atoms with E-state index in [2.05, 4.69) is 85.5 Å². The molecule has 0 N–H and O–H groups in total. The molecule has 4 nitrogen and oxygen atoms in total. The fourth-order valence-electron chi connectivity index (χ4n) is 3.75. The van der Waals surface area contributed by atoms with Crippen molar-refractivity contribution in [3.63, 3.8) is 0 Å². The molecule has 1 aliphatic heterocycles. The second-order valence-electron chi connectivity index (χ2n) is 8.44. The Morgan fingerprint density at radius 3 is 2.39 bits per heavy atom. The molecule has 0 aromatic heterocycles. The van der Waals surface area contributed by atoms with Gasteiger partial charge in [0.05, 0.1) is 6.04 Å². The first-order chi connectivity index (χ1) is 15.3. The number of ketones is 1. The summed E-state index contributed by atoms with van der Waals surface area (Å²) >= 11 is 0. The Bertz CT molecular complexity index is 1110. The third-order valence-electron chi connectivity index (χ3n) is 5.33. The maximum Gasteiger partial charge on any atom is 2.00 e. The van der Waals surface area contributed by atoms with Crippen molar-refractivity contribution in [2.75, 3.05) is 6.54 Å². The third kappa shape index (κ3) is 7.39. The number of allylic oxidation sites excluding steroid dienone is 2. The second-order valence-corrected chi connectivity index (χ2v) is 8.44. The van der Waals surface area contributed by atoms with Crippen molar-refractivity contribution in [1.82, 2.24) is 4.90 Å². The molecular weight excluding hydrogens is 503 g/mol. The summed E-state index contributed by atoms with van der Waals surface area (Å²) in [4.78, 5) is 17.5. The molecule has 174 valence electrons. The van der Waals surface area contributed by atoms with E-state index in [9.17, 15) is 9.90 Å². The summed E-state index contributed by atoms with van der Waals surface area (Å²) in [6.07, 6.45) is 1.06. The Balaban J connectivity index is 0.000000423. The fraction of sp³-hybridized carbons (Fsp3) is 0.286. The molecule has 33 heavy (non-hydrogen) atoms. The summed E-state index contributed by atoms with van der Waals surface area (Å²) < 4.78 is 0. The minimum Gasteiger partial charge on any atom is -0.876 e. The number of hydrogen-bond donors (Lipinski definition) is 0. The van der Waals surface area contributed by atoms with Gasteiger partial charge in [0.25, 0.3) is 0 Å². The third-order valence-corrected chi connectivity index (χ3v) is 5.33. The Morgan fingerprint density at radius 2 is 1.79 bits per heavy atom. The van der Waals surface area contributed by atoms with E-state index in [1.54, 1.807) is 0 Å². The van der Waals surface area contributed by atoms with Gasteiger partial charge in [-0.05, 0) is 24.5 Å². The van der Waals surface area contributed by atoms with E-state index in [1.165, 1.54) is 30.2 Å². The van der Waals surface area contributed by atoms with Gasteiger partial charge < -0.3 is 15.0 Å². The summed E-state index contributed by atoms with van der Waals surface area (Å²) in [5.74, 6) is 1.24. The Kier molecular flexibility index (Phi) is 10.0. The van der Waals surface area contributed by atoms with Crippen molar-refractivity contribution in [2.45, 2.75) is 40.3 Å². The van der Waals surface area contributed by atoms with Crippen LogP contribution in [0.25, 0.3) is 10.8 Å². The number of carbonyl (C=O) groups excluding carboxylic acids is 1. The standard InChI is InChI=1S/C23H23N2.C5H8O2.Pd/c1-17(2)22-16-25(15-18-9-4-3-5-10-18)23(24-22)21-14-8-12-19-11-6-7-13-20(19)21;1-4(6)3-5(2)7;/h3-13,17,22H,15-16H2,1-2H3;3,6H,1-2H3;/q-1;;+2/p-1/b;4-3-;/t22-;;/m1../s1. The summed E-state index contributed by atoms with van der Waals surface area (Å²) in [5.41, 5.74) is 2.44. The van der Waals surface area contributed by atoms with E-state index in [4.69, 9.17) is 4.99 Å². The van der Waals surface area contributed by atoms with Gasteiger partial charge in [-0.15, -0.1) is 34.9 Å². The molecule has 0 saturated carbocycles. The van der Waals surface area contributed by atoms with E-state index >= 15 is 0 Å². The number of aliphatic imine (C=N–C) groups is 1. The number of fused-ring (bicyclic) bond motifs is 1. The van der Waals surface area contributed by atoms with Crippen LogP contribution in [0, 0.1) is 12.0 Å². The zero-order valence-electron chi connectivity index (χ0n) is 19.5. The van der Waals surface area contributed by atoms with Gasteiger partial charge in [-0.2, -0.15) is 0 Å². The summed E-state index contributed by atoms with van der Waals surface area (Å²) in [5, 5.41) is 12.4. The number of amidine groups is 1. The van der Waals surface area contributed by atoms with Crippen LogP contribution in [-0.2, 0) is 31.8 Å². The number of nitrogens with zero attached hydrogens (tertiary/aromatic N) is 2. The van der Waals surface area contributed by atoms with Gasteiger partial charge in [0.1, 0.15) is 0 Å². The van der Waals surface area contributed by atoms with Crippen LogP contribution in [0.1, 0.15) is 38.8 Å². The molecule has 0 saturated heterocycles. The van der Waals surface area contributed by atoms with Crippen LogP contribution < -0.4 is 5.11 Å². The van der Waals surface area contributed by atoms with Crippen molar-refractivity contribution in [3.8, 4) is 0 Å². The molecular formula is C28H30N2O2Pd. The van der Waals surface area contributed by atoms with E-state index in [1.807, 2.05) is 6.07 Å². The van der Waals surface area contributed by atoms with Gasteiger partial charge in [-0.3, -0.25) is 4.79 Å². The molecule has 1 heterocycles. The summed E-state index contributed by atoms with van der Waals surface area (Å²) in [6.45, 7) is 9.07. The normalized spacial score (nSPS) is 15.5. The summed E-state index contributed by atoms with van der Waals surface area (Å²) in [6, 6.07) is 27.1. The van der Waals surface area contributed by atoms with Gasteiger partial charge >= 0.3 is 20.4 Å². The molecule has 5 heteroatoms. The van der Waals surface area contributed by atoms with E-state index in [0.717, 1.165) is 30.6 Å². The van der Waals surface area contributed by atoms with E-state index in [-0.39, 0.29) is 32.0 Å². The minimum absolute atomic E-state index is 0. The van der Waals surface area contributed by atoms with Gasteiger partial charge in [0.15, 0.2) is 5.78 Å². The van der Waals surface area contributed by atoms with Crippen molar-refractivity contribution in [3.05, 3.63) is 95.8 Å². The SMILES string of the molecule is CC(=O)/C=C(/C)[O-].CC(C)[C@H]1CN(Cc2ccccc2)C(c2[c-]ccc3ccccc23)=N1.[Pd+2]. The molecule has 0 amide bonds. The molecule has 0 spiro atoms. The fourth-order valence-corrected chi connectivity index (χ4v) is 3.75. The van der Waals surface area contributed by atoms with Gasteiger partial charge in [-0.1, -0.05) is 80.8 Å². The molecule has 1 aliphatic rings. The van der Waals surface area contributed by atoms with Crippen molar-refractivity contribution >= 4 is 22.4 Å². The zero-order valence-corrected chi connectivity index (χ0v) is 21.1. The van der Waals surface area contributed by atoms with Crippen LogP contribution in [0.5, 0.6) is 0 Å². The smallest absolute Gasteiger partial charge is 0.876 e. The minimum atomic E-state index is -0.187. The van der Waals surface area contributed by atoms with E-state index in [0.29, 0.717) is 12.0 Å². The average Bonchev–Trinajstić information content (AvgIpc) is 3.17. The molecule has 0 radical (unpaired) electrons. The van der Waals surface area contributed by atoms with E-state index < -0.39 is 0 Å². The number of hydrogen-bond acceptors (Lipinski definition) is 4. The van der Waals surface area contributed by atoms with Crippen molar-refractivity contribution in [1.29, 1.82) is 0 Å². The van der Waals surface area contributed by atoms with Crippen LogP contribution >= 0.6 is 0 Å². The second kappa shape index (κ2) is 12.5. The quantitative estimate of drug-likeness (QED) is 0.206. The maximum absolute atomic E-state index is 9.98. The monoisotopic (exact) mass is 532 g/mol. The number of carbonyl (C=O) groups is 1. The van der Waals surface area contributed by atoms with Crippen LogP contribution in [0.2, 0.25) is 0 Å². The van der Waals surface area contributed by atoms with Gasteiger partial charge in [-0.25, -0.2) is 0 Å². The zero-order chi connectivity index (χ0) is 23.1. The largest absolute Gasteiger partial charge is 2.00 e. The predicted molar refractivity (Wildman–Crippen MR) is 129 cm³/mol. The summed E-state index contributed by atoms with van der Waals surface area (Å²) in [7, 11) is 0. The Morgan fingerprint density at radius 1 is 1.12 bits per heavy atom. The van der Waals surface area contributed by atoms with Crippen LogP contribution in [0.3, 0.4) is 0 Å². The molecule has 0 aliphatic carbocycles. The first kappa shape index (κ1) is 26.5. The van der Waals surface area contributed by atoms with Crippen molar-refractivity contribution < 1.29 is 30.3 Å². The van der Waals surface area contributed by atoms with Gasteiger partial charge in [0.2, 0.25) is 0 Å². The first-order valence-electron chi connectivity index (χ1n) is 11.0. The molecule has 3 aromatic rings. The first-order valence-corrected chi connectivity index (χ1v) is 11.0. The van der Waals surface area contributed by atoms with Crippen LogP contribution in [0.4, 0.5) is 0 Å². The number of rotatable bonds is 5. The van der Waals surface area contributed by atoms with Crippen molar-refractivity contribution in [2.24, 2.45) is 10.9 Å². The molecule has 1 atom stereocenters. The maximum atomic E-state index is 9.98. The average molecular weight is 533 g/mol. The van der Waals surface area contributed by atoms with Crippen LogP contribution in [0.15, 0.2) is 83.6 Å². The molecule has 3 aromatic carbocycles.